The van der Waals surface area contributed by atoms with Gasteiger partial charge >= 0.3 is 0 Å². The van der Waals surface area contributed by atoms with Crippen LogP contribution in [-0.4, -0.2) is 6.54 Å². The second-order valence-electron chi connectivity index (χ2n) is 3.99. The maximum atomic E-state index is 5.68. The first-order valence-corrected chi connectivity index (χ1v) is 4.81. The van der Waals surface area contributed by atoms with Gasteiger partial charge in [-0.25, -0.2) is 0 Å². The van der Waals surface area contributed by atoms with Crippen molar-refractivity contribution >= 4 is 0 Å². The minimum atomic E-state index is 0.727. The topological polar surface area (TPSA) is 26.0 Å². The van der Waals surface area contributed by atoms with E-state index in [2.05, 4.69) is 27.7 Å². The van der Waals surface area contributed by atoms with Crippen LogP contribution in [0.1, 0.15) is 40.5 Å². The smallest absolute Gasteiger partial charge is 0.00463 e. The molecule has 0 spiro atoms. The lowest BCUT2D eigenvalue weighted by Crippen LogP contribution is -2.21. The molecule has 0 aromatic heterocycles. The van der Waals surface area contributed by atoms with Gasteiger partial charge in [0.25, 0.3) is 0 Å². The van der Waals surface area contributed by atoms with Crippen LogP contribution >= 0.6 is 0 Å². The van der Waals surface area contributed by atoms with Crippen molar-refractivity contribution < 1.29 is 0 Å². The van der Waals surface area contributed by atoms with Gasteiger partial charge in [0.1, 0.15) is 0 Å². The first-order chi connectivity index (χ1) is 5.11. The van der Waals surface area contributed by atoms with E-state index in [1.807, 2.05) is 0 Å². The van der Waals surface area contributed by atoms with Crippen molar-refractivity contribution in [2.45, 2.75) is 40.5 Å². The third-order valence-corrected chi connectivity index (χ3v) is 2.65. The fraction of sp³-hybridized carbons (Fsp3) is 1.00. The molecule has 0 bridgehead atoms. The standard InChI is InChI=1S/C10H23N/c1-5-9(4)6-10(7-11)8(2)3/h8-10H,5-7,11H2,1-4H3. The van der Waals surface area contributed by atoms with Crippen LogP contribution in [0.4, 0.5) is 0 Å². The summed E-state index contributed by atoms with van der Waals surface area (Å²) < 4.78 is 0. The van der Waals surface area contributed by atoms with Gasteiger partial charge in [-0.05, 0) is 30.7 Å². The quantitative estimate of drug-likeness (QED) is 0.652. The zero-order valence-electron chi connectivity index (χ0n) is 8.43. The van der Waals surface area contributed by atoms with E-state index < -0.39 is 0 Å². The second-order valence-corrected chi connectivity index (χ2v) is 3.99. The summed E-state index contributed by atoms with van der Waals surface area (Å²) in [5.74, 6) is 2.31. The lowest BCUT2D eigenvalue weighted by atomic mass is 9.86. The van der Waals surface area contributed by atoms with Gasteiger partial charge in [0.05, 0.1) is 0 Å². The lowest BCUT2D eigenvalue weighted by molar-refractivity contribution is 0.310. The van der Waals surface area contributed by atoms with Crippen molar-refractivity contribution in [2.24, 2.45) is 23.5 Å². The fourth-order valence-electron chi connectivity index (χ4n) is 1.32. The molecule has 0 rings (SSSR count). The van der Waals surface area contributed by atoms with Crippen molar-refractivity contribution in [3.05, 3.63) is 0 Å². The highest BCUT2D eigenvalue weighted by molar-refractivity contribution is 4.66. The van der Waals surface area contributed by atoms with E-state index >= 15 is 0 Å². The average molecular weight is 157 g/mol. The summed E-state index contributed by atoms with van der Waals surface area (Å²) >= 11 is 0. The minimum absolute atomic E-state index is 0.727. The highest BCUT2D eigenvalue weighted by Gasteiger charge is 2.13. The predicted octanol–water partition coefficient (Wildman–Crippen LogP) is 2.65. The Hall–Kier alpha value is -0.0400. The summed E-state index contributed by atoms with van der Waals surface area (Å²) in [7, 11) is 0. The maximum absolute atomic E-state index is 5.68. The van der Waals surface area contributed by atoms with Crippen LogP contribution in [0.2, 0.25) is 0 Å². The molecule has 2 atom stereocenters. The first-order valence-electron chi connectivity index (χ1n) is 4.81. The molecule has 0 radical (unpaired) electrons. The van der Waals surface area contributed by atoms with Crippen LogP contribution in [0.15, 0.2) is 0 Å². The van der Waals surface area contributed by atoms with Crippen molar-refractivity contribution in [1.29, 1.82) is 0 Å². The summed E-state index contributed by atoms with van der Waals surface area (Å²) in [6.07, 6.45) is 2.58. The van der Waals surface area contributed by atoms with Crippen LogP contribution in [0.3, 0.4) is 0 Å². The molecule has 0 aliphatic carbocycles. The summed E-state index contributed by atoms with van der Waals surface area (Å²) in [6, 6.07) is 0. The average Bonchev–Trinajstić information content (AvgIpc) is 1.99. The van der Waals surface area contributed by atoms with Gasteiger partial charge in [0, 0.05) is 0 Å². The number of hydrogen-bond donors (Lipinski definition) is 1. The Labute approximate surface area is 71.4 Å². The maximum Gasteiger partial charge on any atom is -0.00463 e. The lowest BCUT2D eigenvalue weighted by Gasteiger charge is -2.21. The molecular formula is C10H23N. The van der Waals surface area contributed by atoms with E-state index in [9.17, 15) is 0 Å². The Bertz CT molecular complexity index is 88.9. The Morgan fingerprint density at radius 1 is 1.18 bits per heavy atom. The summed E-state index contributed by atoms with van der Waals surface area (Å²) in [4.78, 5) is 0. The van der Waals surface area contributed by atoms with Crippen molar-refractivity contribution in [2.75, 3.05) is 6.54 Å². The first kappa shape index (κ1) is 11.0. The Kier molecular flexibility index (Phi) is 5.57. The van der Waals surface area contributed by atoms with E-state index in [0.717, 1.165) is 24.3 Å². The van der Waals surface area contributed by atoms with E-state index in [1.54, 1.807) is 0 Å². The molecular weight excluding hydrogens is 134 g/mol. The largest absolute Gasteiger partial charge is 0.330 e. The zero-order valence-corrected chi connectivity index (χ0v) is 8.43. The van der Waals surface area contributed by atoms with Crippen LogP contribution in [0, 0.1) is 17.8 Å². The van der Waals surface area contributed by atoms with Gasteiger partial charge in [-0.3, -0.25) is 0 Å². The van der Waals surface area contributed by atoms with E-state index in [1.165, 1.54) is 12.8 Å². The van der Waals surface area contributed by atoms with Crippen LogP contribution in [-0.2, 0) is 0 Å². The van der Waals surface area contributed by atoms with Gasteiger partial charge in [-0.2, -0.15) is 0 Å². The molecule has 0 amide bonds. The zero-order chi connectivity index (χ0) is 8.85. The normalized spacial score (nSPS) is 16.9. The molecule has 0 heterocycles. The second kappa shape index (κ2) is 5.59. The number of nitrogens with two attached hydrogens (primary N) is 1. The summed E-state index contributed by atoms with van der Waals surface area (Å²) in [5, 5.41) is 0. The van der Waals surface area contributed by atoms with E-state index in [-0.39, 0.29) is 0 Å². The van der Waals surface area contributed by atoms with Gasteiger partial charge in [-0.1, -0.05) is 34.1 Å². The minimum Gasteiger partial charge on any atom is -0.330 e. The Balaban J connectivity index is 3.68. The number of hydrogen-bond acceptors (Lipinski definition) is 1. The monoisotopic (exact) mass is 157 g/mol. The van der Waals surface area contributed by atoms with E-state index in [0.29, 0.717) is 0 Å². The predicted molar refractivity (Wildman–Crippen MR) is 51.5 cm³/mol. The van der Waals surface area contributed by atoms with Gasteiger partial charge < -0.3 is 5.73 Å². The van der Waals surface area contributed by atoms with Crippen LogP contribution < -0.4 is 5.73 Å². The van der Waals surface area contributed by atoms with Crippen LogP contribution in [0.25, 0.3) is 0 Å². The third-order valence-electron chi connectivity index (χ3n) is 2.65. The van der Waals surface area contributed by atoms with E-state index in [4.69, 9.17) is 5.73 Å². The highest BCUT2D eigenvalue weighted by atomic mass is 14.6. The molecule has 2 N–H and O–H groups in total. The molecule has 0 saturated carbocycles. The number of rotatable bonds is 5. The Morgan fingerprint density at radius 2 is 1.73 bits per heavy atom. The fourth-order valence-corrected chi connectivity index (χ4v) is 1.32. The highest BCUT2D eigenvalue weighted by Crippen LogP contribution is 2.20. The Morgan fingerprint density at radius 3 is 2.00 bits per heavy atom. The molecule has 0 saturated heterocycles. The summed E-state index contributed by atoms with van der Waals surface area (Å²) in [6.45, 7) is 9.94. The molecule has 68 valence electrons. The molecule has 0 aromatic carbocycles. The van der Waals surface area contributed by atoms with Gasteiger partial charge in [0.2, 0.25) is 0 Å². The SMILES string of the molecule is CCC(C)CC(CN)C(C)C. The molecule has 0 fully saturated rings. The molecule has 0 aromatic rings. The molecule has 1 heteroatoms. The molecule has 0 aliphatic rings. The van der Waals surface area contributed by atoms with Crippen molar-refractivity contribution in [1.82, 2.24) is 0 Å². The van der Waals surface area contributed by atoms with Gasteiger partial charge in [-0.15, -0.1) is 0 Å². The van der Waals surface area contributed by atoms with Gasteiger partial charge in [0.15, 0.2) is 0 Å². The molecule has 1 nitrogen and oxygen atoms in total. The van der Waals surface area contributed by atoms with Crippen molar-refractivity contribution in [3.8, 4) is 0 Å². The molecule has 2 unspecified atom stereocenters. The molecule has 11 heavy (non-hydrogen) atoms. The van der Waals surface area contributed by atoms with Crippen LogP contribution in [0.5, 0.6) is 0 Å². The third kappa shape index (κ3) is 4.41. The van der Waals surface area contributed by atoms with Crippen molar-refractivity contribution in [3.63, 3.8) is 0 Å². The molecule has 0 aliphatic heterocycles. The summed E-state index contributed by atoms with van der Waals surface area (Å²) in [5.41, 5.74) is 5.68.